The molecule has 4 heteroatoms. The first-order chi connectivity index (χ1) is 11.3. The number of benzene rings is 1. The molecule has 1 unspecified atom stereocenters. The molecule has 1 amide bonds. The van der Waals surface area contributed by atoms with Crippen molar-refractivity contribution in [1.29, 1.82) is 0 Å². The molecule has 2 aliphatic rings. The van der Waals surface area contributed by atoms with E-state index >= 15 is 0 Å². The summed E-state index contributed by atoms with van der Waals surface area (Å²) in [4.78, 5) is 26.7. The average Bonchev–Trinajstić information content (AvgIpc) is 2.52. The fraction of sp³-hybridized carbons (Fsp3) is 0.400. The van der Waals surface area contributed by atoms with Gasteiger partial charge in [-0.3, -0.25) is 9.59 Å². The van der Waals surface area contributed by atoms with Crippen LogP contribution in [0.15, 0.2) is 47.6 Å². The van der Waals surface area contributed by atoms with E-state index in [4.69, 9.17) is 0 Å². The van der Waals surface area contributed by atoms with E-state index in [1.54, 1.807) is 29.2 Å². The molecular weight excluding hydrogens is 302 g/mol. The third-order valence-electron chi connectivity index (χ3n) is 5.20. The van der Waals surface area contributed by atoms with E-state index in [0.29, 0.717) is 17.7 Å². The fourth-order valence-corrected chi connectivity index (χ4v) is 3.72. The maximum absolute atomic E-state index is 13.0. The molecule has 0 radical (unpaired) electrons. The highest BCUT2D eigenvalue weighted by atomic mass is 16.4. The summed E-state index contributed by atoms with van der Waals surface area (Å²) in [6.07, 6.45) is 6.07. The Labute approximate surface area is 142 Å². The standard InChI is InChI=1S/C20H23NO3/c1-13-8-10-14(11-9-13)12-21-18(22)16-7-5-4-6-15(16)17(19(23)24)20(21,2)3/h4-8,10,17H,9,11-12H2,1-3H3,(H,23,24). The Hall–Kier alpha value is -2.36. The van der Waals surface area contributed by atoms with Crippen molar-refractivity contribution in [2.24, 2.45) is 0 Å². The Bertz CT molecular complexity index is 758. The van der Waals surface area contributed by atoms with Gasteiger partial charge < -0.3 is 10.0 Å². The number of carboxylic acids is 1. The maximum atomic E-state index is 13.0. The molecule has 1 N–H and O–H groups in total. The van der Waals surface area contributed by atoms with Crippen molar-refractivity contribution >= 4 is 11.9 Å². The van der Waals surface area contributed by atoms with Crippen LogP contribution >= 0.6 is 0 Å². The highest BCUT2D eigenvalue weighted by molar-refractivity contribution is 6.01. The van der Waals surface area contributed by atoms with Gasteiger partial charge in [-0.1, -0.05) is 41.5 Å². The van der Waals surface area contributed by atoms with E-state index in [9.17, 15) is 14.7 Å². The molecule has 1 atom stereocenters. The number of aliphatic carboxylic acids is 1. The van der Waals surface area contributed by atoms with Gasteiger partial charge in [0.1, 0.15) is 5.92 Å². The number of fused-ring (bicyclic) bond motifs is 1. The van der Waals surface area contributed by atoms with E-state index in [1.807, 2.05) is 13.8 Å². The summed E-state index contributed by atoms with van der Waals surface area (Å²) in [7, 11) is 0. The SMILES string of the molecule is CC1=CC=C(CN2C(=O)c3ccccc3C(C(=O)O)C2(C)C)CC1. The molecule has 1 aliphatic heterocycles. The number of carboxylic acid groups (broad SMARTS) is 1. The van der Waals surface area contributed by atoms with Gasteiger partial charge in [-0.15, -0.1) is 0 Å². The number of carbonyl (C=O) groups is 2. The number of hydrogen-bond donors (Lipinski definition) is 1. The number of rotatable bonds is 3. The smallest absolute Gasteiger partial charge is 0.313 e. The van der Waals surface area contributed by atoms with Gasteiger partial charge in [0.2, 0.25) is 0 Å². The number of carbonyl (C=O) groups excluding carboxylic acids is 1. The Morgan fingerprint density at radius 1 is 1.25 bits per heavy atom. The zero-order valence-corrected chi connectivity index (χ0v) is 14.4. The fourth-order valence-electron chi connectivity index (χ4n) is 3.72. The summed E-state index contributed by atoms with van der Waals surface area (Å²) in [5, 5.41) is 9.80. The minimum Gasteiger partial charge on any atom is -0.481 e. The summed E-state index contributed by atoms with van der Waals surface area (Å²) in [6, 6.07) is 7.08. The van der Waals surface area contributed by atoms with Gasteiger partial charge in [0.15, 0.2) is 0 Å². The number of hydrogen-bond acceptors (Lipinski definition) is 2. The van der Waals surface area contributed by atoms with Crippen molar-refractivity contribution in [2.45, 2.75) is 45.1 Å². The third kappa shape index (κ3) is 2.66. The quantitative estimate of drug-likeness (QED) is 0.920. The summed E-state index contributed by atoms with van der Waals surface area (Å²) in [6.45, 7) is 6.28. The van der Waals surface area contributed by atoms with Gasteiger partial charge in [-0.2, -0.15) is 0 Å². The van der Waals surface area contributed by atoms with Crippen molar-refractivity contribution in [3.63, 3.8) is 0 Å². The van der Waals surface area contributed by atoms with Crippen molar-refractivity contribution in [3.05, 3.63) is 58.7 Å². The number of amides is 1. The van der Waals surface area contributed by atoms with Crippen LogP contribution in [0.1, 0.15) is 55.5 Å². The van der Waals surface area contributed by atoms with Crippen LogP contribution in [0.2, 0.25) is 0 Å². The molecule has 0 aromatic heterocycles. The number of nitrogens with zero attached hydrogens (tertiary/aromatic N) is 1. The van der Waals surface area contributed by atoms with E-state index < -0.39 is 17.4 Å². The second-order valence-corrected chi connectivity index (χ2v) is 7.24. The highest BCUT2D eigenvalue weighted by Gasteiger charge is 2.49. The van der Waals surface area contributed by atoms with Crippen molar-refractivity contribution in [2.75, 3.05) is 6.54 Å². The Balaban J connectivity index is 2.03. The Kier molecular flexibility index (Phi) is 4.08. The first kappa shape index (κ1) is 16.5. The van der Waals surface area contributed by atoms with Crippen LogP contribution in [-0.4, -0.2) is 34.0 Å². The van der Waals surface area contributed by atoms with Crippen LogP contribution in [0.3, 0.4) is 0 Å². The second-order valence-electron chi connectivity index (χ2n) is 7.24. The minimum absolute atomic E-state index is 0.0831. The highest BCUT2D eigenvalue weighted by Crippen LogP contribution is 2.41. The lowest BCUT2D eigenvalue weighted by molar-refractivity contribution is -0.142. The molecule has 0 saturated carbocycles. The van der Waals surface area contributed by atoms with Gasteiger partial charge in [-0.25, -0.2) is 0 Å². The van der Waals surface area contributed by atoms with Crippen LogP contribution in [0.4, 0.5) is 0 Å². The Morgan fingerprint density at radius 3 is 2.58 bits per heavy atom. The lowest BCUT2D eigenvalue weighted by atomic mass is 9.74. The van der Waals surface area contributed by atoms with Gasteiger partial charge in [0, 0.05) is 12.1 Å². The summed E-state index contributed by atoms with van der Waals surface area (Å²) >= 11 is 0. The molecular formula is C20H23NO3. The summed E-state index contributed by atoms with van der Waals surface area (Å²) in [5.41, 5.74) is 2.84. The molecule has 4 nitrogen and oxygen atoms in total. The predicted molar refractivity (Wildman–Crippen MR) is 93.0 cm³/mol. The largest absolute Gasteiger partial charge is 0.481 e. The average molecular weight is 325 g/mol. The van der Waals surface area contributed by atoms with Crippen molar-refractivity contribution in [1.82, 2.24) is 4.90 Å². The zero-order chi connectivity index (χ0) is 17.5. The molecule has 0 fully saturated rings. The van der Waals surface area contributed by atoms with Gasteiger partial charge in [0.25, 0.3) is 5.91 Å². The summed E-state index contributed by atoms with van der Waals surface area (Å²) in [5.74, 6) is -1.70. The first-order valence-corrected chi connectivity index (χ1v) is 8.31. The molecule has 0 bridgehead atoms. The zero-order valence-electron chi connectivity index (χ0n) is 14.4. The predicted octanol–water partition coefficient (Wildman–Crippen LogP) is 3.76. The van der Waals surface area contributed by atoms with Crippen LogP contribution in [-0.2, 0) is 4.79 Å². The van der Waals surface area contributed by atoms with Crippen LogP contribution in [0.25, 0.3) is 0 Å². The van der Waals surface area contributed by atoms with Crippen molar-refractivity contribution in [3.8, 4) is 0 Å². The van der Waals surface area contributed by atoms with Crippen molar-refractivity contribution < 1.29 is 14.7 Å². The number of allylic oxidation sites excluding steroid dienone is 3. The van der Waals surface area contributed by atoms with Gasteiger partial charge >= 0.3 is 5.97 Å². The van der Waals surface area contributed by atoms with E-state index in [0.717, 1.165) is 12.8 Å². The van der Waals surface area contributed by atoms with E-state index in [-0.39, 0.29) is 5.91 Å². The molecule has 3 rings (SSSR count). The molecule has 0 spiro atoms. The monoisotopic (exact) mass is 325 g/mol. The van der Waals surface area contributed by atoms with E-state index in [2.05, 4.69) is 19.1 Å². The van der Waals surface area contributed by atoms with Gasteiger partial charge in [0.05, 0.1) is 5.54 Å². The summed E-state index contributed by atoms with van der Waals surface area (Å²) < 4.78 is 0. The minimum atomic E-state index is -0.890. The molecule has 24 heavy (non-hydrogen) atoms. The lowest BCUT2D eigenvalue weighted by Crippen LogP contribution is -2.57. The van der Waals surface area contributed by atoms with Gasteiger partial charge in [-0.05, 0) is 45.2 Å². The van der Waals surface area contributed by atoms with Crippen LogP contribution in [0.5, 0.6) is 0 Å². The van der Waals surface area contributed by atoms with Crippen LogP contribution < -0.4 is 0 Å². The van der Waals surface area contributed by atoms with E-state index in [1.165, 1.54) is 11.1 Å². The third-order valence-corrected chi connectivity index (χ3v) is 5.20. The second kappa shape index (κ2) is 5.93. The molecule has 1 aliphatic carbocycles. The molecule has 1 heterocycles. The molecule has 126 valence electrons. The first-order valence-electron chi connectivity index (χ1n) is 8.31. The normalized spacial score (nSPS) is 22.5. The topological polar surface area (TPSA) is 57.6 Å². The molecule has 1 aromatic rings. The Morgan fingerprint density at radius 2 is 1.96 bits per heavy atom. The molecule has 1 aromatic carbocycles. The maximum Gasteiger partial charge on any atom is 0.313 e. The lowest BCUT2D eigenvalue weighted by Gasteiger charge is -2.47. The van der Waals surface area contributed by atoms with Crippen LogP contribution in [0, 0.1) is 0 Å². The molecule has 0 saturated heterocycles.